The number of rotatable bonds is 3. The van der Waals surface area contributed by atoms with E-state index in [9.17, 15) is 0 Å². The van der Waals surface area contributed by atoms with Crippen molar-refractivity contribution in [2.45, 2.75) is 26.3 Å². The Balaban J connectivity index is 1.93. The van der Waals surface area contributed by atoms with Crippen LogP contribution in [-0.2, 0) is 5.54 Å². The molecule has 3 heterocycles. The van der Waals surface area contributed by atoms with Gasteiger partial charge in [0, 0.05) is 17.8 Å². The van der Waals surface area contributed by atoms with E-state index in [1.807, 2.05) is 36.8 Å². The largest absolute Gasteiger partial charge is 0.342 e. The van der Waals surface area contributed by atoms with Crippen LogP contribution in [0.25, 0.3) is 5.65 Å². The van der Waals surface area contributed by atoms with Crippen molar-refractivity contribution in [2.24, 2.45) is 0 Å². The van der Waals surface area contributed by atoms with Crippen molar-refractivity contribution >= 4 is 22.9 Å². The molecule has 0 aromatic carbocycles. The molecule has 0 amide bonds. The smallest absolute Gasteiger partial charge is 0.243 e. The first-order valence-corrected chi connectivity index (χ1v) is 6.94. The van der Waals surface area contributed by atoms with Gasteiger partial charge in [-0.3, -0.25) is 0 Å². The number of hydrogen-bond acceptors (Lipinski definition) is 5. The monoisotopic (exact) mass is 273 g/mol. The topological polar surface area (TPSA) is 55.1 Å². The Morgan fingerprint density at radius 3 is 2.95 bits per heavy atom. The van der Waals surface area contributed by atoms with E-state index in [2.05, 4.69) is 34.2 Å². The van der Waals surface area contributed by atoms with Gasteiger partial charge in [0.2, 0.25) is 5.95 Å². The summed E-state index contributed by atoms with van der Waals surface area (Å²) in [6, 6.07) is 4.02. The molecule has 0 saturated heterocycles. The van der Waals surface area contributed by atoms with E-state index in [0.717, 1.165) is 10.7 Å². The van der Waals surface area contributed by atoms with E-state index in [4.69, 9.17) is 0 Å². The molecule has 3 aromatic heterocycles. The Kier molecular flexibility index (Phi) is 2.74. The third kappa shape index (κ3) is 2.31. The minimum atomic E-state index is -0.284. The second kappa shape index (κ2) is 4.31. The van der Waals surface area contributed by atoms with Gasteiger partial charge in [-0.05, 0) is 38.5 Å². The molecule has 5 nitrogen and oxygen atoms in total. The molecule has 0 atom stereocenters. The van der Waals surface area contributed by atoms with Crippen LogP contribution in [-0.4, -0.2) is 19.6 Å². The van der Waals surface area contributed by atoms with Crippen LogP contribution in [0.15, 0.2) is 29.9 Å². The molecule has 1 N–H and O–H groups in total. The number of aromatic nitrogens is 4. The molecule has 3 aromatic rings. The number of nitrogens with zero attached hydrogens (tertiary/aromatic N) is 4. The summed E-state index contributed by atoms with van der Waals surface area (Å²) in [5.74, 6) is 0.616. The Bertz CT molecular complexity index is 699. The number of anilines is 1. The van der Waals surface area contributed by atoms with Gasteiger partial charge in [0.1, 0.15) is 5.01 Å². The number of thiazole rings is 1. The van der Waals surface area contributed by atoms with Gasteiger partial charge in [-0.1, -0.05) is 0 Å². The zero-order chi connectivity index (χ0) is 13.5. The Hall–Kier alpha value is -1.95. The number of aryl methyl sites for hydroxylation is 1. The summed E-state index contributed by atoms with van der Waals surface area (Å²) in [4.78, 5) is 8.83. The number of pyridine rings is 1. The van der Waals surface area contributed by atoms with E-state index in [1.165, 1.54) is 5.56 Å². The standard InChI is InChI=1S/C13H15N5S/c1-9-4-6-18-10(8-9)15-12(17-18)16-13(2,3)11-14-5-7-19-11/h4-8H,1-3H3,(H,16,17). The summed E-state index contributed by atoms with van der Waals surface area (Å²) in [6.45, 7) is 6.19. The predicted octanol–water partition coefficient (Wildman–Crippen LogP) is 2.84. The summed E-state index contributed by atoms with van der Waals surface area (Å²) in [7, 11) is 0. The fraction of sp³-hybridized carbons (Fsp3) is 0.308. The van der Waals surface area contributed by atoms with Crippen molar-refractivity contribution in [1.82, 2.24) is 19.6 Å². The molecule has 0 bridgehead atoms. The first-order valence-electron chi connectivity index (χ1n) is 6.06. The second-order valence-corrected chi connectivity index (χ2v) is 5.92. The van der Waals surface area contributed by atoms with Crippen molar-refractivity contribution < 1.29 is 0 Å². The lowest BCUT2D eigenvalue weighted by molar-refractivity contribution is 0.597. The fourth-order valence-electron chi connectivity index (χ4n) is 1.90. The van der Waals surface area contributed by atoms with Crippen molar-refractivity contribution in [3.63, 3.8) is 0 Å². The van der Waals surface area contributed by atoms with Crippen LogP contribution >= 0.6 is 11.3 Å². The molecule has 0 aliphatic heterocycles. The highest BCUT2D eigenvalue weighted by Gasteiger charge is 2.24. The molecule has 0 unspecified atom stereocenters. The van der Waals surface area contributed by atoms with Crippen molar-refractivity contribution in [3.8, 4) is 0 Å². The Morgan fingerprint density at radius 1 is 1.37 bits per heavy atom. The highest BCUT2D eigenvalue weighted by molar-refractivity contribution is 7.09. The van der Waals surface area contributed by atoms with E-state index in [1.54, 1.807) is 15.9 Å². The number of hydrogen-bond donors (Lipinski definition) is 1. The molecular weight excluding hydrogens is 258 g/mol. The zero-order valence-electron chi connectivity index (χ0n) is 11.1. The van der Waals surface area contributed by atoms with Gasteiger partial charge < -0.3 is 5.32 Å². The zero-order valence-corrected chi connectivity index (χ0v) is 11.9. The van der Waals surface area contributed by atoms with E-state index < -0.39 is 0 Å². The minimum absolute atomic E-state index is 0.284. The predicted molar refractivity (Wildman–Crippen MR) is 76.5 cm³/mol. The molecule has 3 rings (SSSR count). The Morgan fingerprint density at radius 2 is 2.21 bits per heavy atom. The highest BCUT2D eigenvalue weighted by atomic mass is 32.1. The normalized spacial score (nSPS) is 11.9. The molecular formula is C13H15N5S. The average Bonchev–Trinajstić information content (AvgIpc) is 2.95. The molecule has 0 spiro atoms. The molecule has 19 heavy (non-hydrogen) atoms. The molecule has 0 fully saturated rings. The Labute approximate surface area is 115 Å². The summed E-state index contributed by atoms with van der Waals surface area (Å²) >= 11 is 1.62. The van der Waals surface area contributed by atoms with Crippen LogP contribution in [0.5, 0.6) is 0 Å². The molecule has 0 aliphatic rings. The summed E-state index contributed by atoms with van der Waals surface area (Å²) in [5, 5.41) is 10.7. The van der Waals surface area contributed by atoms with Crippen LogP contribution in [0.2, 0.25) is 0 Å². The van der Waals surface area contributed by atoms with Gasteiger partial charge >= 0.3 is 0 Å². The fourth-order valence-corrected chi connectivity index (χ4v) is 2.62. The van der Waals surface area contributed by atoms with Crippen LogP contribution in [0, 0.1) is 6.92 Å². The van der Waals surface area contributed by atoms with Crippen LogP contribution in [0.4, 0.5) is 5.95 Å². The van der Waals surface area contributed by atoms with E-state index >= 15 is 0 Å². The van der Waals surface area contributed by atoms with Gasteiger partial charge in [0.15, 0.2) is 5.65 Å². The second-order valence-electron chi connectivity index (χ2n) is 5.03. The van der Waals surface area contributed by atoms with Crippen molar-refractivity contribution in [1.29, 1.82) is 0 Å². The van der Waals surface area contributed by atoms with Crippen LogP contribution < -0.4 is 5.32 Å². The minimum Gasteiger partial charge on any atom is -0.342 e. The summed E-state index contributed by atoms with van der Waals surface area (Å²) < 4.78 is 1.77. The lowest BCUT2D eigenvalue weighted by atomic mass is 10.1. The highest BCUT2D eigenvalue weighted by Crippen LogP contribution is 2.25. The molecule has 6 heteroatoms. The maximum Gasteiger partial charge on any atom is 0.243 e. The van der Waals surface area contributed by atoms with Crippen LogP contribution in [0.1, 0.15) is 24.4 Å². The lowest BCUT2D eigenvalue weighted by Gasteiger charge is -2.22. The molecule has 0 saturated carbocycles. The van der Waals surface area contributed by atoms with Gasteiger partial charge in [-0.25, -0.2) is 9.50 Å². The average molecular weight is 273 g/mol. The van der Waals surface area contributed by atoms with E-state index in [0.29, 0.717) is 5.95 Å². The maximum atomic E-state index is 4.49. The quantitative estimate of drug-likeness (QED) is 0.797. The van der Waals surface area contributed by atoms with Crippen LogP contribution in [0.3, 0.4) is 0 Å². The molecule has 0 radical (unpaired) electrons. The van der Waals surface area contributed by atoms with Gasteiger partial charge in [-0.2, -0.15) is 4.98 Å². The first-order chi connectivity index (χ1) is 9.04. The maximum absolute atomic E-state index is 4.49. The summed E-state index contributed by atoms with van der Waals surface area (Å²) in [5.41, 5.74) is 1.73. The van der Waals surface area contributed by atoms with E-state index in [-0.39, 0.29) is 5.54 Å². The van der Waals surface area contributed by atoms with Gasteiger partial charge in [-0.15, -0.1) is 16.4 Å². The molecule has 0 aliphatic carbocycles. The third-order valence-corrected chi connectivity index (χ3v) is 3.98. The lowest BCUT2D eigenvalue weighted by Crippen LogP contribution is -2.28. The SMILES string of the molecule is Cc1ccn2nc(NC(C)(C)c3nccs3)nc2c1. The number of fused-ring (bicyclic) bond motifs is 1. The van der Waals surface area contributed by atoms with Gasteiger partial charge in [0.05, 0.1) is 5.54 Å². The number of nitrogens with one attached hydrogen (secondary N) is 1. The molecule has 98 valence electrons. The van der Waals surface area contributed by atoms with Crippen molar-refractivity contribution in [2.75, 3.05) is 5.32 Å². The summed E-state index contributed by atoms with van der Waals surface area (Å²) in [6.07, 6.45) is 3.73. The van der Waals surface area contributed by atoms with Crippen molar-refractivity contribution in [3.05, 3.63) is 40.5 Å². The first kappa shape index (κ1) is 12.1. The van der Waals surface area contributed by atoms with Gasteiger partial charge in [0.25, 0.3) is 0 Å². The third-order valence-electron chi connectivity index (χ3n) is 2.88.